The minimum absolute atomic E-state index is 0.193. The van der Waals surface area contributed by atoms with E-state index in [9.17, 15) is 19.4 Å². The molecule has 0 N–H and O–H groups in total. The van der Waals surface area contributed by atoms with Gasteiger partial charge in [-0.3, -0.25) is 9.59 Å². The Labute approximate surface area is 87.4 Å². The van der Waals surface area contributed by atoms with Crippen LogP contribution in [-0.2, 0) is 9.59 Å². The van der Waals surface area contributed by atoms with Crippen molar-refractivity contribution in [3.05, 3.63) is 9.81 Å². The Hall–Kier alpha value is -1.46. The van der Waals surface area contributed by atoms with Crippen LogP contribution >= 0.6 is 0 Å². The van der Waals surface area contributed by atoms with Crippen molar-refractivity contribution in [2.75, 3.05) is 0 Å². The number of carbonyl (C=O) groups is 2. The maximum Gasteiger partial charge on any atom is 0.286 e. The van der Waals surface area contributed by atoms with Gasteiger partial charge >= 0.3 is 0 Å². The summed E-state index contributed by atoms with van der Waals surface area (Å²) in [6.07, 6.45) is 4.19. The van der Waals surface area contributed by atoms with E-state index in [-0.39, 0.29) is 12.8 Å². The molecule has 0 rings (SSSR count). The monoisotopic (exact) mass is 214 g/mol. The lowest BCUT2D eigenvalue weighted by Gasteiger charge is -1.97. The summed E-state index contributed by atoms with van der Waals surface area (Å²) < 4.78 is 0. The third kappa shape index (κ3) is 8.86. The van der Waals surface area contributed by atoms with E-state index in [1.54, 1.807) is 0 Å². The molecule has 0 aromatic rings. The molecular formula is C9H14N2O4. The molecule has 0 aliphatic carbocycles. The second-order valence-corrected chi connectivity index (χ2v) is 3.24. The van der Waals surface area contributed by atoms with Crippen molar-refractivity contribution in [1.29, 1.82) is 0 Å². The normalized spacial score (nSPS) is 9.60. The molecule has 0 spiro atoms. The summed E-state index contributed by atoms with van der Waals surface area (Å²) in [4.78, 5) is 40.3. The molecule has 0 radical (unpaired) electrons. The summed E-state index contributed by atoms with van der Waals surface area (Å²) >= 11 is 0. The molecule has 0 saturated heterocycles. The molecule has 0 aromatic carbocycles. The standard InChI is InChI=1S/C9H14N2O4/c12-8(10-14)6-4-2-1-3-5-7-9(13)11-15/h1-7H2. The van der Waals surface area contributed by atoms with Crippen LogP contribution in [-0.4, -0.2) is 11.8 Å². The first-order valence-electron chi connectivity index (χ1n) is 4.93. The molecule has 15 heavy (non-hydrogen) atoms. The topological polar surface area (TPSA) is 93.0 Å². The van der Waals surface area contributed by atoms with Gasteiger partial charge in [0.15, 0.2) is 0 Å². The van der Waals surface area contributed by atoms with Crippen molar-refractivity contribution < 1.29 is 9.59 Å². The van der Waals surface area contributed by atoms with E-state index in [1.165, 1.54) is 0 Å². The van der Waals surface area contributed by atoms with Gasteiger partial charge in [0.1, 0.15) is 0 Å². The second-order valence-electron chi connectivity index (χ2n) is 3.24. The van der Waals surface area contributed by atoms with E-state index in [0.717, 1.165) is 19.3 Å². The Morgan fingerprint density at radius 2 is 1.00 bits per heavy atom. The van der Waals surface area contributed by atoms with E-state index in [1.807, 2.05) is 0 Å². The van der Waals surface area contributed by atoms with Gasteiger partial charge < -0.3 is 0 Å². The zero-order valence-corrected chi connectivity index (χ0v) is 8.48. The van der Waals surface area contributed by atoms with E-state index in [2.05, 4.69) is 10.4 Å². The molecule has 84 valence electrons. The highest BCUT2D eigenvalue weighted by atomic mass is 16.3. The minimum Gasteiger partial charge on any atom is -0.269 e. The van der Waals surface area contributed by atoms with Gasteiger partial charge in [-0.15, -0.1) is 9.81 Å². The van der Waals surface area contributed by atoms with Crippen molar-refractivity contribution >= 4 is 11.8 Å². The highest BCUT2D eigenvalue weighted by Gasteiger charge is 2.01. The van der Waals surface area contributed by atoms with Gasteiger partial charge in [-0.2, -0.15) is 0 Å². The molecule has 2 amide bonds. The summed E-state index contributed by atoms with van der Waals surface area (Å²) in [5, 5.41) is 4.55. The molecule has 0 aliphatic heterocycles. The fraction of sp³-hybridized carbons (Fsp3) is 0.778. The fourth-order valence-corrected chi connectivity index (χ4v) is 1.17. The Bertz CT molecular complexity index is 216. The zero-order chi connectivity index (χ0) is 11.5. The van der Waals surface area contributed by atoms with Gasteiger partial charge in [-0.25, -0.2) is 0 Å². The van der Waals surface area contributed by atoms with Gasteiger partial charge in [0.05, 0.1) is 0 Å². The first-order chi connectivity index (χ1) is 7.20. The predicted octanol–water partition coefficient (Wildman–Crippen LogP) is 2.30. The largest absolute Gasteiger partial charge is 0.286 e. The highest BCUT2D eigenvalue weighted by Crippen LogP contribution is 2.08. The van der Waals surface area contributed by atoms with Crippen LogP contribution in [0.2, 0.25) is 0 Å². The summed E-state index contributed by atoms with van der Waals surface area (Å²) in [5.74, 6) is -1.23. The Morgan fingerprint density at radius 1 is 0.667 bits per heavy atom. The number of unbranched alkanes of at least 4 members (excludes halogenated alkanes) is 4. The summed E-state index contributed by atoms with van der Waals surface area (Å²) in [6, 6.07) is 0. The molecule has 0 fully saturated rings. The number of hydrogen-bond acceptors (Lipinski definition) is 4. The van der Waals surface area contributed by atoms with E-state index >= 15 is 0 Å². The summed E-state index contributed by atoms with van der Waals surface area (Å²) in [6.45, 7) is 0. The van der Waals surface area contributed by atoms with Crippen molar-refractivity contribution in [2.45, 2.75) is 44.9 Å². The highest BCUT2D eigenvalue weighted by molar-refractivity contribution is 5.76. The van der Waals surface area contributed by atoms with Crippen LogP contribution in [0.4, 0.5) is 0 Å². The quantitative estimate of drug-likeness (QED) is 0.457. The van der Waals surface area contributed by atoms with Gasteiger partial charge in [0, 0.05) is 23.2 Å². The lowest BCUT2D eigenvalue weighted by molar-refractivity contribution is -0.118. The van der Waals surface area contributed by atoms with Gasteiger partial charge in [0.2, 0.25) is 0 Å². The first kappa shape index (κ1) is 13.5. The third-order valence-electron chi connectivity index (χ3n) is 1.98. The zero-order valence-electron chi connectivity index (χ0n) is 8.48. The molecule has 0 aromatic heterocycles. The van der Waals surface area contributed by atoms with Crippen molar-refractivity contribution in [3.63, 3.8) is 0 Å². The van der Waals surface area contributed by atoms with Crippen LogP contribution in [0.1, 0.15) is 44.9 Å². The predicted molar refractivity (Wildman–Crippen MR) is 53.9 cm³/mol. The number of nitrogens with zero attached hydrogens (tertiary/aromatic N) is 2. The maximum atomic E-state index is 10.5. The summed E-state index contributed by atoms with van der Waals surface area (Å²) in [5.41, 5.74) is 0. The van der Waals surface area contributed by atoms with Crippen LogP contribution in [0, 0.1) is 9.81 Å². The van der Waals surface area contributed by atoms with Crippen molar-refractivity contribution in [2.24, 2.45) is 10.4 Å². The van der Waals surface area contributed by atoms with Crippen molar-refractivity contribution in [1.82, 2.24) is 0 Å². The summed E-state index contributed by atoms with van der Waals surface area (Å²) in [7, 11) is 0. The first-order valence-corrected chi connectivity index (χ1v) is 4.93. The van der Waals surface area contributed by atoms with Crippen LogP contribution in [0.15, 0.2) is 10.4 Å². The van der Waals surface area contributed by atoms with Crippen molar-refractivity contribution in [3.8, 4) is 0 Å². The second kappa shape index (κ2) is 9.11. The number of hydrogen-bond donors (Lipinski definition) is 0. The Morgan fingerprint density at radius 3 is 1.33 bits per heavy atom. The van der Waals surface area contributed by atoms with Crippen LogP contribution in [0.5, 0.6) is 0 Å². The van der Waals surface area contributed by atoms with Gasteiger partial charge in [-0.1, -0.05) is 19.3 Å². The van der Waals surface area contributed by atoms with E-state index < -0.39 is 11.8 Å². The molecule has 0 bridgehead atoms. The smallest absolute Gasteiger partial charge is 0.269 e. The number of carbonyl (C=O) groups excluding carboxylic acids is 2. The fourth-order valence-electron chi connectivity index (χ4n) is 1.17. The molecular weight excluding hydrogens is 200 g/mol. The molecule has 0 unspecified atom stereocenters. The molecule has 0 saturated carbocycles. The average Bonchev–Trinajstić information content (AvgIpc) is 2.26. The number of rotatable bonds is 8. The average molecular weight is 214 g/mol. The number of amides is 2. The van der Waals surface area contributed by atoms with Gasteiger partial charge in [-0.05, 0) is 12.8 Å². The molecule has 0 heterocycles. The molecule has 6 heteroatoms. The van der Waals surface area contributed by atoms with E-state index in [0.29, 0.717) is 12.8 Å². The Kier molecular flexibility index (Phi) is 8.22. The van der Waals surface area contributed by atoms with E-state index in [4.69, 9.17) is 0 Å². The lowest BCUT2D eigenvalue weighted by Crippen LogP contribution is -1.92. The Balaban J connectivity index is 3.18. The van der Waals surface area contributed by atoms with Crippen LogP contribution < -0.4 is 0 Å². The molecule has 6 nitrogen and oxygen atoms in total. The lowest BCUT2D eigenvalue weighted by atomic mass is 10.1. The SMILES string of the molecule is O=NC(=O)CCCCCCCC(=O)N=O. The third-order valence-corrected chi connectivity index (χ3v) is 1.98. The minimum atomic E-state index is -0.615. The molecule has 0 atom stereocenters. The van der Waals surface area contributed by atoms with Crippen LogP contribution in [0.3, 0.4) is 0 Å². The number of nitroso groups, excluding NO2 is 2. The molecule has 0 aliphatic rings. The van der Waals surface area contributed by atoms with Crippen LogP contribution in [0.25, 0.3) is 0 Å². The van der Waals surface area contributed by atoms with Gasteiger partial charge in [0.25, 0.3) is 11.8 Å². The maximum absolute atomic E-state index is 10.5.